The van der Waals surface area contributed by atoms with Crippen molar-refractivity contribution in [2.75, 3.05) is 11.9 Å². The maximum atomic E-state index is 11.3. The van der Waals surface area contributed by atoms with Crippen LogP contribution in [0.4, 0.5) is 11.5 Å². The van der Waals surface area contributed by atoms with Crippen LogP contribution in [0.1, 0.15) is 24.7 Å². The summed E-state index contributed by atoms with van der Waals surface area (Å²) in [5, 5.41) is 22.7. The van der Waals surface area contributed by atoms with E-state index in [1.165, 1.54) is 0 Å². The third-order valence-electron chi connectivity index (χ3n) is 3.36. The van der Waals surface area contributed by atoms with Gasteiger partial charge in [-0.25, -0.2) is 4.68 Å². The summed E-state index contributed by atoms with van der Waals surface area (Å²) < 4.78 is 3.34. The highest BCUT2D eigenvalue weighted by Crippen LogP contribution is 2.28. The molecule has 0 aromatic carbocycles. The molecule has 0 amide bonds. The van der Waals surface area contributed by atoms with Gasteiger partial charge in [0.1, 0.15) is 5.69 Å². The van der Waals surface area contributed by atoms with E-state index in [2.05, 4.69) is 15.5 Å². The molecular formula is C13H20N6O2. The molecule has 0 aliphatic heterocycles. The van der Waals surface area contributed by atoms with Crippen molar-refractivity contribution >= 4 is 11.5 Å². The lowest BCUT2D eigenvalue weighted by Gasteiger charge is -2.06. The second-order valence-corrected chi connectivity index (χ2v) is 4.90. The third-order valence-corrected chi connectivity index (χ3v) is 3.36. The molecule has 2 aromatic rings. The standard InChI is InChI=1S/C13H20N6O2/c1-4-5-11-12(19(20)21)13(18(3)16-11)14-8-6-10-7-9-15-17(10)2/h7,9,14H,4-6,8H2,1-3H3. The maximum absolute atomic E-state index is 11.3. The van der Waals surface area contributed by atoms with Gasteiger partial charge in [0, 0.05) is 39.0 Å². The molecule has 0 saturated heterocycles. The van der Waals surface area contributed by atoms with Gasteiger partial charge >= 0.3 is 5.69 Å². The molecule has 0 atom stereocenters. The summed E-state index contributed by atoms with van der Waals surface area (Å²) >= 11 is 0. The van der Waals surface area contributed by atoms with Crippen LogP contribution in [0.2, 0.25) is 0 Å². The van der Waals surface area contributed by atoms with E-state index in [4.69, 9.17) is 0 Å². The number of aryl methyl sites for hydroxylation is 3. The average molecular weight is 292 g/mol. The van der Waals surface area contributed by atoms with Gasteiger partial charge in [-0.1, -0.05) is 13.3 Å². The van der Waals surface area contributed by atoms with Crippen molar-refractivity contribution in [3.63, 3.8) is 0 Å². The summed E-state index contributed by atoms with van der Waals surface area (Å²) in [5.41, 5.74) is 1.69. The minimum absolute atomic E-state index is 0.0874. The van der Waals surface area contributed by atoms with Crippen molar-refractivity contribution in [3.05, 3.63) is 33.8 Å². The Morgan fingerprint density at radius 2 is 2.10 bits per heavy atom. The average Bonchev–Trinajstić information content (AvgIpc) is 2.95. The number of hydrogen-bond acceptors (Lipinski definition) is 5. The summed E-state index contributed by atoms with van der Waals surface area (Å²) in [5.74, 6) is 0.464. The van der Waals surface area contributed by atoms with Crippen molar-refractivity contribution in [2.24, 2.45) is 14.1 Å². The minimum atomic E-state index is -0.357. The van der Waals surface area contributed by atoms with Crippen LogP contribution >= 0.6 is 0 Å². The molecule has 0 aliphatic carbocycles. The van der Waals surface area contributed by atoms with Crippen molar-refractivity contribution in [1.82, 2.24) is 19.6 Å². The molecule has 0 aliphatic rings. The van der Waals surface area contributed by atoms with Crippen LogP contribution in [-0.2, 0) is 26.9 Å². The van der Waals surface area contributed by atoms with Gasteiger partial charge < -0.3 is 5.32 Å². The van der Waals surface area contributed by atoms with Crippen LogP contribution in [0.5, 0.6) is 0 Å². The maximum Gasteiger partial charge on any atom is 0.333 e. The predicted molar refractivity (Wildman–Crippen MR) is 79.3 cm³/mol. The van der Waals surface area contributed by atoms with Crippen LogP contribution in [-0.4, -0.2) is 31.0 Å². The summed E-state index contributed by atoms with van der Waals surface area (Å²) in [6.45, 7) is 2.57. The van der Waals surface area contributed by atoms with Gasteiger partial charge in [0.05, 0.1) is 4.92 Å². The summed E-state index contributed by atoms with van der Waals surface area (Å²) in [4.78, 5) is 10.9. The molecule has 8 nitrogen and oxygen atoms in total. The van der Waals surface area contributed by atoms with Crippen molar-refractivity contribution in [3.8, 4) is 0 Å². The van der Waals surface area contributed by atoms with E-state index < -0.39 is 0 Å². The second-order valence-electron chi connectivity index (χ2n) is 4.90. The molecule has 0 unspecified atom stereocenters. The van der Waals surface area contributed by atoms with Gasteiger partial charge in [0.2, 0.25) is 5.82 Å². The Hall–Kier alpha value is -2.38. The number of hydrogen-bond donors (Lipinski definition) is 1. The Morgan fingerprint density at radius 1 is 1.33 bits per heavy atom. The van der Waals surface area contributed by atoms with Gasteiger partial charge in [0.15, 0.2) is 0 Å². The molecule has 0 saturated carbocycles. The summed E-state index contributed by atoms with van der Waals surface area (Å²) in [6.07, 6.45) is 3.91. The Balaban J connectivity index is 2.12. The Bertz CT molecular complexity index is 631. The lowest BCUT2D eigenvalue weighted by atomic mass is 10.2. The number of rotatable bonds is 7. The highest BCUT2D eigenvalue weighted by molar-refractivity contribution is 5.59. The van der Waals surface area contributed by atoms with E-state index >= 15 is 0 Å². The highest BCUT2D eigenvalue weighted by Gasteiger charge is 2.25. The Labute approximate surface area is 122 Å². The Morgan fingerprint density at radius 3 is 2.67 bits per heavy atom. The van der Waals surface area contributed by atoms with Crippen LogP contribution in [0, 0.1) is 10.1 Å². The zero-order chi connectivity index (χ0) is 15.4. The summed E-state index contributed by atoms with van der Waals surface area (Å²) in [7, 11) is 3.60. The van der Waals surface area contributed by atoms with E-state index in [0.29, 0.717) is 24.5 Å². The number of nitrogens with one attached hydrogen (secondary N) is 1. The first-order valence-corrected chi connectivity index (χ1v) is 6.95. The van der Waals surface area contributed by atoms with Crippen LogP contribution in [0.25, 0.3) is 0 Å². The molecule has 0 bridgehead atoms. The first kappa shape index (κ1) is 15.0. The normalized spacial score (nSPS) is 10.8. The van der Waals surface area contributed by atoms with Gasteiger partial charge in [-0.05, 0) is 12.5 Å². The van der Waals surface area contributed by atoms with Gasteiger partial charge in [0.25, 0.3) is 0 Å². The van der Waals surface area contributed by atoms with E-state index in [9.17, 15) is 10.1 Å². The predicted octanol–water partition coefficient (Wildman–Crippen LogP) is 1.67. The third kappa shape index (κ3) is 3.21. The van der Waals surface area contributed by atoms with Gasteiger partial charge in [-0.2, -0.15) is 10.2 Å². The highest BCUT2D eigenvalue weighted by atomic mass is 16.6. The Kier molecular flexibility index (Phi) is 4.56. The van der Waals surface area contributed by atoms with Crippen molar-refractivity contribution in [2.45, 2.75) is 26.2 Å². The number of aromatic nitrogens is 4. The molecule has 114 valence electrons. The fourth-order valence-electron chi connectivity index (χ4n) is 2.32. The van der Waals surface area contributed by atoms with Gasteiger partial charge in [-0.15, -0.1) is 0 Å². The van der Waals surface area contributed by atoms with Crippen molar-refractivity contribution < 1.29 is 4.92 Å². The fourth-order valence-corrected chi connectivity index (χ4v) is 2.32. The number of nitrogens with zero attached hydrogens (tertiary/aromatic N) is 5. The first-order valence-electron chi connectivity index (χ1n) is 6.95. The van der Waals surface area contributed by atoms with Crippen LogP contribution < -0.4 is 5.32 Å². The smallest absolute Gasteiger partial charge is 0.333 e. The van der Waals surface area contributed by atoms with Crippen LogP contribution in [0.3, 0.4) is 0 Å². The van der Waals surface area contributed by atoms with E-state index in [0.717, 1.165) is 18.5 Å². The molecule has 1 N–H and O–H groups in total. The molecule has 21 heavy (non-hydrogen) atoms. The largest absolute Gasteiger partial charge is 0.364 e. The molecule has 0 radical (unpaired) electrons. The zero-order valence-corrected chi connectivity index (χ0v) is 12.5. The quantitative estimate of drug-likeness (QED) is 0.619. The molecule has 0 spiro atoms. The lowest BCUT2D eigenvalue weighted by molar-refractivity contribution is -0.384. The molecule has 2 heterocycles. The van der Waals surface area contributed by atoms with Crippen LogP contribution in [0.15, 0.2) is 12.3 Å². The monoisotopic (exact) mass is 292 g/mol. The van der Waals surface area contributed by atoms with E-state index in [-0.39, 0.29) is 10.6 Å². The van der Waals surface area contributed by atoms with Gasteiger partial charge in [-0.3, -0.25) is 14.8 Å². The molecule has 2 rings (SSSR count). The van der Waals surface area contributed by atoms with E-state index in [1.54, 1.807) is 22.6 Å². The summed E-state index contributed by atoms with van der Waals surface area (Å²) in [6, 6.07) is 1.93. The molecule has 8 heteroatoms. The minimum Gasteiger partial charge on any atom is -0.364 e. The SMILES string of the molecule is CCCc1nn(C)c(NCCc2ccnn2C)c1[N+](=O)[O-]. The lowest BCUT2D eigenvalue weighted by Crippen LogP contribution is -2.11. The van der Waals surface area contributed by atoms with Crippen molar-refractivity contribution in [1.29, 1.82) is 0 Å². The number of nitro groups is 1. The molecular weight excluding hydrogens is 272 g/mol. The molecule has 2 aromatic heterocycles. The zero-order valence-electron chi connectivity index (χ0n) is 12.5. The first-order chi connectivity index (χ1) is 10.0. The fraction of sp³-hybridized carbons (Fsp3) is 0.538. The molecule has 0 fully saturated rings. The second kappa shape index (κ2) is 6.38. The van der Waals surface area contributed by atoms with E-state index in [1.807, 2.05) is 20.0 Å². The number of anilines is 1. The topological polar surface area (TPSA) is 90.8 Å².